The van der Waals surface area contributed by atoms with Crippen LogP contribution < -0.4 is 5.73 Å². The van der Waals surface area contributed by atoms with E-state index < -0.39 is 4.92 Å². The number of nitro groups is 1. The van der Waals surface area contributed by atoms with Gasteiger partial charge in [-0.15, -0.1) is 0 Å². The van der Waals surface area contributed by atoms with Gasteiger partial charge in [-0.1, -0.05) is 42.5 Å². The van der Waals surface area contributed by atoms with Crippen LogP contribution in [0.15, 0.2) is 60.7 Å². The minimum Gasteiger partial charge on any atom is -0.398 e. The molecular formula is C15H12N2O3. The van der Waals surface area contributed by atoms with Crippen LogP contribution in [0.4, 0.5) is 5.69 Å². The maximum atomic E-state index is 12.0. The molecule has 0 unspecified atom stereocenters. The number of non-ortho nitro benzene ring substituents is 1. The topological polar surface area (TPSA) is 86.2 Å². The Morgan fingerprint density at radius 1 is 1.05 bits per heavy atom. The number of rotatable bonds is 4. The Balaban J connectivity index is 2.29. The van der Waals surface area contributed by atoms with E-state index in [-0.39, 0.29) is 17.2 Å². The fourth-order valence-electron chi connectivity index (χ4n) is 1.71. The number of carbonyl (C=O) groups is 1. The Hall–Kier alpha value is -2.95. The SMILES string of the molecule is N/C(=C/C(=O)c1ccccc1)c1cccc([N+](=O)[O-])c1. The number of allylic oxidation sites excluding steroid dienone is 1. The first kappa shape index (κ1) is 13.5. The molecule has 0 saturated heterocycles. The Bertz CT molecular complexity index is 679. The quantitative estimate of drug-likeness (QED) is 0.400. The van der Waals surface area contributed by atoms with Crippen molar-refractivity contribution in [3.63, 3.8) is 0 Å². The molecule has 0 radical (unpaired) electrons. The van der Waals surface area contributed by atoms with Gasteiger partial charge in [-0.25, -0.2) is 0 Å². The summed E-state index contributed by atoms with van der Waals surface area (Å²) in [6.07, 6.45) is 1.27. The Morgan fingerprint density at radius 3 is 2.35 bits per heavy atom. The summed E-state index contributed by atoms with van der Waals surface area (Å²) in [6.45, 7) is 0. The largest absolute Gasteiger partial charge is 0.398 e. The average Bonchev–Trinajstić information content (AvgIpc) is 2.48. The van der Waals surface area contributed by atoms with Gasteiger partial charge < -0.3 is 5.73 Å². The van der Waals surface area contributed by atoms with E-state index in [2.05, 4.69) is 0 Å². The summed E-state index contributed by atoms with van der Waals surface area (Å²) in [7, 11) is 0. The first-order valence-corrected chi connectivity index (χ1v) is 5.89. The van der Waals surface area contributed by atoms with Gasteiger partial charge in [-0.2, -0.15) is 0 Å². The Labute approximate surface area is 115 Å². The van der Waals surface area contributed by atoms with Gasteiger partial charge in [-0.05, 0) is 0 Å². The third-order valence-electron chi connectivity index (χ3n) is 2.74. The molecule has 20 heavy (non-hydrogen) atoms. The molecule has 2 N–H and O–H groups in total. The molecule has 0 aliphatic heterocycles. The number of hydrogen-bond donors (Lipinski definition) is 1. The van der Waals surface area contributed by atoms with Gasteiger partial charge in [0.2, 0.25) is 0 Å². The minimum absolute atomic E-state index is 0.0639. The summed E-state index contributed by atoms with van der Waals surface area (Å²) >= 11 is 0. The lowest BCUT2D eigenvalue weighted by molar-refractivity contribution is -0.384. The molecule has 5 nitrogen and oxygen atoms in total. The predicted molar refractivity (Wildman–Crippen MR) is 76.0 cm³/mol. The fourth-order valence-corrected chi connectivity index (χ4v) is 1.71. The highest BCUT2D eigenvalue weighted by Gasteiger charge is 2.08. The first-order valence-electron chi connectivity index (χ1n) is 5.89. The summed E-state index contributed by atoms with van der Waals surface area (Å²) in [6, 6.07) is 14.5. The highest BCUT2D eigenvalue weighted by Crippen LogP contribution is 2.17. The molecule has 2 rings (SSSR count). The summed E-state index contributed by atoms with van der Waals surface area (Å²) in [5, 5.41) is 10.7. The van der Waals surface area contributed by atoms with E-state index >= 15 is 0 Å². The van der Waals surface area contributed by atoms with Crippen LogP contribution in [-0.2, 0) is 0 Å². The van der Waals surface area contributed by atoms with Crippen molar-refractivity contribution in [2.24, 2.45) is 5.73 Å². The lowest BCUT2D eigenvalue weighted by atomic mass is 10.1. The molecule has 5 heteroatoms. The molecule has 2 aromatic rings. The average molecular weight is 268 g/mol. The lowest BCUT2D eigenvalue weighted by Gasteiger charge is -2.02. The first-order chi connectivity index (χ1) is 9.58. The molecule has 2 aromatic carbocycles. The minimum atomic E-state index is -0.504. The summed E-state index contributed by atoms with van der Waals surface area (Å²) < 4.78 is 0. The summed E-state index contributed by atoms with van der Waals surface area (Å²) in [5.41, 5.74) is 6.92. The van der Waals surface area contributed by atoms with Crippen LogP contribution in [0, 0.1) is 10.1 Å². The van der Waals surface area contributed by atoms with Crippen molar-refractivity contribution >= 4 is 17.2 Å². The van der Waals surface area contributed by atoms with Crippen molar-refractivity contribution in [3.05, 3.63) is 81.9 Å². The molecule has 0 aliphatic rings. The summed E-state index contributed by atoms with van der Waals surface area (Å²) in [5.74, 6) is -0.241. The third-order valence-corrected chi connectivity index (χ3v) is 2.74. The molecule has 0 atom stereocenters. The van der Waals surface area contributed by atoms with Gasteiger partial charge in [0, 0.05) is 35.0 Å². The number of nitrogens with two attached hydrogens (primary N) is 1. The van der Waals surface area contributed by atoms with Gasteiger partial charge in [0.05, 0.1) is 4.92 Å². The van der Waals surface area contributed by atoms with E-state index in [0.29, 0.717) is 11.1 Å². The molecule has 0 saturated carbocycles. The molecule has 0 amide bonds. The lowest BCUT2D eigenvalue weighted by Crippen LogP contribution is -2.02. The maximum absolute atomic E-state index is 12.0. The molecule has 100 valence electrons. The van der Waals surface area contributed by atoms with Crippen molar-refractivity contribution in [3.8, 4) is 0 Å². The zero-order valence-electron chi connectivity index (χ0n) is 10.5. The Kier molecular flexibility index (Phi) is 3.91. The van der Waals surface area contributed by atoms with Gasteiger partial charge in [-0.3, -0.25) is 14.9 Å². The van der Waals surface area contributed by atoms with E-state index in [1.54, 1.807) is 30.3 Å². The zero-order valence-corrected chi connectivity index (χ0v) is 10.5. The van der Waals surface area contributed by atoms with Crippen LogP contribution in [0.3, 0.4) is 0 Å². The fraction of sp³-hybridized carbons (Fsp3) is 0. The van der Waals surface area contributed by atoms with Crippen molar-refractivity contribution in [1.82, 2.24) is 0 Å². The second-order valence-corrected chi connectivity index (χ2v) is 4.14. The third kappa shape index (κ3) is 3.08. The maximum Gasteiger partial charge on any atom is 0.270 e. The molecule has 0 fully saturated rings. The molecular weight excluding hydrogens is 256 g/mol. The van der Waals surface area contributed by atoms with E-state index in [1.165, 1.54) is 24.3 Å². The number of nitro benzene ring substituents is 1. The normalized spacial score (nSPS) is 11.1. The molecule has 0 bridgehead atoms. The summed E-state index contributed by atoms with van der Waals surface area (Å²) in [4.78, 5) is 22.2. The molecule has 0 aromatic heterocycles. The second kappa shape index (κ2) is 5.79. The van der Waals surface area contributed by atoms with Gasteiger partial charge >= 0.3 is 0 Å². The molecule has 0 spiro atoms. The van der Waals surface area contributed by atoms with E-state index in [0.717, 1.165) is 0 Å². The van der Waals surface area contributed by atoms with Gasteiger partial charge in [0.15, 0.2) is 5.78 Å². The van der Waals surface area contributed by atoms with Crippen molar-refractivity contribution in [2.45, 2.75) is 0 Å². The standard InChI is InChI=1S/C15H12N2O3/c16-14(10-15(18)11-5-2-1-3-6-11)12-7-4-8-13(9-12)17(19)20/h1-10H,16H2/b14-10+. The number of hydrogen-bond acceptors (Lipinski definition) is 4. The van der Waals surface area contributed by atoms with Crippen molar-refractivity contribution in [1.29, 1.82) is 0 Å². The number of carbonyl (C=O) groups excluding carboxylic acids is 1. The number of benzene rings is 2. The smallest absolute Gasteiger partial charge is 0.270 e. The van der Waals surface area contributed by atoms with E-state index in [9.17, 15) is 14.9 Å². The zero-order chi connectivity index (χ0) is 14.5. The number of nitrogens with zero attached hydrogens (tertiary/aromatic N) is 1. The Morgan fingerprint density at radius 2 is 1.70 bits per heavy atom. The monoisotopic (exact) mass is 268 g/mol. The van der Waals surface area contributed by atoms with Crippen LogP contribution >= 0.6 is 0 Å². The van der Waals surface area contributed by atoms with Gasteiger partial charge in [0.25, 0.3) is 5.69 Å². The van der Waals surface area contributed by atoms with Crippen LogP contribution in [-0.4, -0.2) is 10.7 Å². The van der Waals surface area contributed by atoms with Crippen molar-refractivity contribution in [2.75, 3.05) is 0 Å². The van der Waals surface area contributed by atoms with E-state index in [4.69, 9.17) is 5.73 Å². The van der Waals surface area contributed by atoms with Gasteiger partial charge in [0.1, 0.15) is 0 Å². The van der Waals surface area contributed by atoms with Crippen LogP contribution in [0.5, 0.6) is 0 Å². The second-order valence-electron chi connectivity index (χ2n) is 4.14. The highest BCUT2D eigenvalue weighted by atomic mass is 16.6. The predicted octanol–water partition coefficient (Wildman–Crippen LogP) is 2.78. The van der Waals surface area contributed by atoms with E-state index in [1.807, 2.05) is 6.07 Å². The molecule has 0 aliphatic carbocycles. The number of ketones is 1. The van der Waals surface area contributed by atoms with Crippen LogP contribution in [0.25, 0.3) is 5.70 Å². The highest BCUT2D eigenvalue weighted by molar-refractivity contribution is 6.08. The van der Waals surface area contributed by atoms with Crippen LogP contribution in [0.2, 0.25) is 0 Å². The van der Waals surface area contributed by atoms with Crippen molar-refractivity contribution < 1.29 is 9.72 Å². The van der Waals surface area contributed by atoms with Crippen LogP contribution in [0.1, 0.15) is 15.9 Å². The molecule has 0 heterocycles.